The number of rotatable bonds is 1. The van der Waals surface area contributed by atoms with Crippen LogP contribution in [0.15, 0.2) is 30.5 Å². The summed E-state index contributed by atoms with van der Waals surface area (Å²) in [6.45, 7) is 3.98. The van der Waals surface area contributed by atoms with Gasteiger partial charge in [0.15, 0.2) is 17.3 Å². The summed E-state index contributed by atoms with van der Waals surface area (Å²) in [5.41, 5.74) is 2.05. The van der Waals surface area contributed by atoms with Gasteiger partial charge in [-0.25, -0.2) is 0 Å². The molecule has 24 heavy (non-hydrogen) atoms. The van der Waals surface area contributed by atoms with Gasteiger partial charge in [-0.05, 0) is 19.2 Å². The maximum absolute atomic E-state index is 6.02. The molecular formula is C16H21Cl2N5O. The lowest BCUT2D eigenvalue weighted by Crippen LogP contribution is -2.45. The average molecular weight is 370 g/mol. The first-order valence-electron chi connectivity index (χ1n) is 7.54. The zero-order chi connectivity index (χ0) is 15.1. The van der Waals surface area contributed by atoms with Crippen molar-refractivity contribution >= 4 is 42.0 Å². The van der Waals surface area contributed by atoms with Crippen LogP contribution in [0.2, 0.25) is 0 Å². The van der Waals surface area contributed by atoms with E-state index in [-0.39, 0.29) is 24.8 Å². The van der Waals surface area contributed by atoms with Crippen molar-refractivity contribution in [3.8, 4) is 11.5 Å². The lowest BCUT2D eigenvalue weighted by Gasteiger charge is -2.37. The number of anilines is 3. The molecule has 1 saturated heterocycles. The Morgan fingerprint density at radius 3 is 2.42 bits per heavy atom. The van der Waals surface area contributed by atoms with Gasteiger partial charge >= 0.3 is 0 Å². The first-order chi connectivity index (χ1) is 10.7. The monoisotopic (exact) mass is 369 g/mol. The van der Waals surface area contributed by atoms with Crippen LogP contribution in [0.3, 0.4) is 0 Å². The van der Waals surface area contributed by atoms with Crippen molar-refractivity contribution in [2.45, 2.75) is 0 Å². The number of halogens is 2. The molecule has 0 radical (unpaired) electrons. The predicted molar refractivity (Wildman–Crippen MR) is 101 cm³/mol. The largest absolute Gasteiger partial charge is 0.451 e. The quantitative estimate of drug-likeness (QED) is 0.769. The van der Waals surface area contributed by atoms with E-state index in [9.17, 15) is 0 Å². The molecule has 1 aromatic heterocycles. The zero-order valence-corrected chi connectivity index (χ0v) is 15.3. The molecule has 0 N–H and O–H groups in total. The third-order valence-electron chi connectivity index (χ3n) is 4.36. The lowest BCUT2D eigenvalue weighted by atomic mass is 10.2. The second-order valence-electron chi connectivity index (χ2n) is 5.80. The molecule has 0 amide bonds. The highest BCUT2D eigenvalue weighted by atomic mass is 35.5. The van der Waals surface area contributed by atoms with E-state index in [0.717, 1.165) is 54.9 Å². The molecule has 4 rings (SSSR count). The van der Waals surface area contributed by atoms with Crippen LogP contribution < -0.4 is 14.5 Å². The van der Waals surface area contributed by atoms with Crippen molar-refractivity contribution in [1.82, 2.24) is 15.1 Å². The molecule has 2 aromatic rings. The number of piperazine rings is 1. The van der Waals surface area contributed by atoms with Crippen molar-refractivity contribution in [2.24, 2.45) is 0 Å². The van der Waals surface area contributed by atoms with E-state index in [1.54, 1.807) is 6.20 Å². The number of aromatic nitrogens is 2. The maximum Gasteiger partial charge on any atom is 0.179 e. The number of hydrogen-bond donors (Lipinski definition) is 0. The predicted octanol–water partition coefficient (Wildman–Crippen LogP) is 2.95. The number of hydrogen-bond acceptors (Lipinski definition) is 6. The van der Waals surface area contributed by atoms with Gasteiger partial charge in [-0.1, -0.05) is 12.1 Å². The third kappa shape index (κ3) is 3.09. The highest BCUT2D eigenvalue weighted by molar-refractivity contribution is 5.86. The molecular weight excluding hydrogens is 349 g/mol. The van der Waals surface area contributed by atoms with Crippen LogP contribution in [0.1, 0.15) is 0 Å². The second kappa shape index (κ2) is 7.42. The van der Waals surface area contributed by atoms with Gasteiger partial charge in [0.1, 0.15) is 5.69 Å². The number of fused-ring (bicyclic) bond motifs is 2. The van der Waals surface area contributed by atoms with E-state index < -0.39 is 0 Å². The van der Waals surface area contributed by atoms with E-state index in [4.69, 9.17) is 4.74 Å². The van der Waals surface area contributed by atoms with E-state index in [1.807, 2.05) is 18.2 Å². The summed E-state index contributed by atoms with van der Waals surface area (Å²) in [7, 11) is 4.20. The van der Waals surface area contributed by atoms with Gasteiger partial charge in [-0.3, -0.25) is 0 Å². The summed E-state index contributed by atoms with van der Waals surface area (Å²) in [4.78, 5) is 6.77. The molecule has 1 fully saturated rings. The number of benzene rings is 1. The summed E-state index contributed by atoms with van der Waals surface area (Å²) >= 11 is 0. The van der Waals surface area contributed by atoms with Crippen molar-refractivity contribution in [3.05, 3.63) is 30.5 Å². The number of ether oxygens (including phenoxy) is 1. The maximum atomic E-state index is 6.02. The Labute approximate surface area is 154 Å². The molecule has 2 aliphatic heterocycles. The minimum atomic E-state index is 0. The summed E-state index contributed by atoms with van der Waals surface area (Å²) in [5.74, 6) is 2.53. The molecule has 0 unspecified atom stereocenters. The topological polar surface area (TPSA) is 44.7 Å². The first kappa shape index (κ1) is 18.6. The van der Waals surface area contributed by atoms with Gasteiger partial charge in [0.25, 0.3) is 0 Å². The van der Waals surface area contributed by atoms with Gasteiger partial charge in [-0.15, -0.1) is 29.9 Å². The molecule has 0 atom stereocenters. The lowest BCUT2D eigenvalue weighted by molar-refractivity contribution is 0.311. The SMILES string of the molecule is CN1CCN(c2nncc3c2N(C)c2ccccc2O3)CC1.Cl.Cl. The fourth-order valence-corrected chi connectivity index (χ4v) is 3.04. The Morgan fingerprint density at radius 1 is 0.958 bits per heavy atom. The Bertz CT molecular complexity index is 707. The normalized spacial score (nSPS) is 16.2. The van der Waals surface area contributed by atoms with Crippen LogP contribution >= 0.6 is 24.8 Å². The molecule has 130 valence electrons. The van der Waals surface area contributed by atoms with Crippen molar-refractivity contribution in [3.63, 3.8) is 0 Å². The minimum absolute atomic E-state index is 0. The summed E-state index contributed by atoms with van der Waals surface area (Å²) in [6, 6.07) is 8.04. The highest BCUT2D eigenvalue weighted by Gasteiger charge is 2.29. The average Bonchev–Trinajstić information content (AvgIpc) is 2.55. The van der Waals surface area contributed by atoms with Crippen LogP contribution in [0.25, 0.3) is 0 Å². The number of nitrogens with zero attached hydrogens (tertiary/aromatic N) is 5. The standard InChI is InChI=1S/C16H19N5O.2ClH/c1-19-7-9-21(10-8-19)16-15-14(11-17-18-16)22-13-6-4-3-5-12(13)20(15)2;;/h3-6,11H,7-10H2,1-2H3;2*1H. The number of para-hydroxylation sites is 2. The fourth-order valence-electron chi connectivity index (χ4n) is 3.04. The van der Waals surface area contributed by atoms with Crippen molar-refractivity contribution in [1.29, 1.82) is 0 Å². The summed E-state index contributed by atoms with van der Waals surface area (Å²) in [5, 5.41) is 8.54. The van der Waals surface area contributed by atoms with E-state index >= 15 is 0 Å². The van der Waals surface area contributed by atoms with Crippen LogP contribution in [-0.2, 0) is 0 Å². The molecule has 3 heterocycles. The zero-order valence-electron chi connectivity index (χ0n) is 13.7. The molecule has 0 aliphatic carbocycles. The first-order valence-corrected chi connectivity index (χ1v) is 7.54. The van der Waals surface area contributed by atoms with Crippen LogP contribution in [0.5, 0.6) is 11.5 Å². The van der Waals surface area contributed by atoms with Crippen LogP contribution in [0.4, 0.5) is 17.2 Å². The Hall–Kier alpha value is -1.76. The van der Waals surface area contributed by atoms with Gasteiger partial charge in [0.05, 0.1) is 11.9 Å². The van der Waals surface area contributed by atoms with Gasteiger partial charge in [-0.2, -0.15) is 5.10 Å². The van der Waals surface area contributed by atoms with Crippen LogP contribution in [0, 0.1) is 0 Å². The van der Waals surface area contributed by atoms with Crippen molar-refractivity contribution < 1.29 is 4.74 Å². The van der Waals surface area contributed by atoms with Crippen molar-refractivity contribution in [2.75, 3.05) is 50.1 Å². The fraction of sp³-hybridized carbons (Fsp3) is 0.375. The molecule has 0 bridgehead atoms. The molecule has 8 heteroatoms. The second-order valence-corrected chi connectivity index (χ2v) is 5.80. The molecule has 0 saturated carbocycles. The van der Waals surface area contributed by atoms with E-state index in [1.165, 1.54) is 0 Å². The molecule has 0 spiro atoms. The third-order valence-corrected chi connectivity index (χ3v) is 4.36. The Balaban J connectivity index is 0.00000104. The molecule has 6 nitrogen and oxygen atoms in total. The van der Waals surface area contributed by atoms with Gasteiger partial charge in [0.2, 0.25) is 0 Å². The Morgan fingerprint density at radius 2 is 1.67 bits per heavy atom. The Kier molecular flexibility index (Phi) is 5.74. The van der Waals surface area contributed by atoms with Gasteiger partial charge < -0.3 is 19.4 Å². The van der Waals surface area contributed by atoms with Crippen LogP contribution in [-0.4, -0.2) is 55.4 Å². The van der Waals surface area contributed by atoms with E-state index in [2.05, 4.69) is 45.1 Å². The molecule has 1 aromatic carbocycles. The highest BCUT2D eigenvalue weighted by Crippen LogP contribution is 2.48. The minimum Gasteiger partial charge on any atom is -0.451 e. The summed E-state index contributed by atoms with van der Waals surface area (Å²) < 4.78 is 6.02. The van der Waals surface area contributed by atoms with Gasteiger partial charge in [0, 0.05) is 33.2 Å². The van der Waals surface area contributed by atoms with E-state index in [0.29, 0.717) is 0 Å². The number of likely N-dealkylation sites (N-methyl/N-ethyl adjacent to an activating group) is 1. The molecule has 2 aliphatic rings. The summed E-state index contributed by atoms with van der Waals surface area (Å²) in [6.07, 6.45) is 1.70. The smallest absolute Gasteiger partial charge is 0.179 e.